The van der Waals surface area contributed by atoms with E-state index in [9.17, 15) is 18.0 Å². The minimum absolute atomic E-state index is 0.117. The van der Waals surface area contributed by atoms with Gasteiger partial charge in [0.05, 0.1) is 24.7 Å². The van der Waals surface area contributed by atoms with Crippen molar-refractivity contribution in [3.63, 3.8) is 0 Å². The maximum absolute atomic E-state index is 12.5. The number of thiazole rings is 1. The van der Waals surface area contributed by atoms with Crippen molar-refractivity contribution < 1.29 is 27.4 Å². The van der Waals surface area contributed by atoms with Gasteiger partial charge in [0.2, 0.25) is 5.78 Å². The fourth-order valence-corrected chi connectivity index (χ4v) is 2.45. The van der Waals surface area contributed by atoms with Crippen LogP contribution in [0.1, 0.15) is 20.2 Å². The molecule has 8 heteroatoms. The van der Waals surface area contributed by atoms with Gasteiger partial charge in [0, 0.05) is 6.20 Å². The van der Waals surface area contributed by atoms with Gasteiger partial charge >= 0.3 is 6.18 Å². The van der Waals surface area contributed by atoms with E-state index in [0.717, 1.165) is 6.20 Å². The number of carbonyl (C=O) groups is 1. The van der Waals surface area contributed by atoms with Crippen molar-refractivity contribution in [1.29, 1.82) is 0 Å². The average molecular weight is 317 g/mol. The van der Waals surface area contributed by atoms with Gasteiger partial charge in [-0.2, -0.15) is 13.2 Å². The number of methoxy groups -OCH3 is 2. The molecule has 2 aromatic rings. The summed E-state index contributed by atoms with van der Waals surface area (Å²) in [5.41, 5.74) is 0.120. The number of rotatable bonds is 4. The largest absolute Gasteiger partial charge is 0.493 e. The number of hydrogen-bond acceptors (Lipinski definition) is 5. The normalized spacial score (nSPS) is 11.3. The van der Waals surface area contributed by atoms with Gasteiger partial charge < -0.3 is 9.47 Å². The van der Waals surface area contributed by atoms with E-state index in [1.54, 1.807) is 12.1 Å². The molecule has 0 fully saturated rings. The SMILES string of the molecule is COc1cccc(C(=O)c2cnc(C(F)(F)F)s2)c1OC. The predicted molar refractivity (Wildman–Crippen MR) is 70.1 cm³/mol. The van der Waals surface area contributed by atoms with Crippen LogP contribution in [-0.4, -0.2) is 25.0 Å². The van der Waals surface area contributed by atoms with Crippen LogP contribution in [0.25, 0.3) is 0 Å². The number of benzene rings is 1. The van der Waals surface area contributed by atoms with Gasteiger partial charge in [0.15, 0.2) is 16.5 Å². The monoisotopic (exact) mass is 317 g/mol. The highest BCUT2D eigenvalue weighted by molar-refractivity contribution is 7.14. The molecule has 0 bridgehead atoms. The molecular formula is C13H10F3NO3S. The Morgan fingerprint density at radius 1 is 1.24 bits per heavy atom. The first kappa shape index (κ1) is 15.3. The number of halogens is 3. The first-order valence-electron chi connectivity index (χ1n) is 5.67. The van der Waals surface area contributed by atoms with E-state index in [-0.39, 0.29) is 16.2 Å². The van der Waals surface area contributed by atoms with Crippen molar-refractivity contribution in [3.05, 3.63) is 39.8 Å². The highest BCUT2D eigenvalue weighted by Gasteiger charge is 2.35. The van der Waals surface area contributed by atoms with Gasteiger partial charge in [0.25, 0.3) is 0 Å². The molecule has 0 amide bonds. The van der Waals surface area contributed by atoms with Crippen LogP contribution in [0, 0.1) is 0 Å². The summed E-state index contributed by atoms with van der Waals surface area (Å²) in [4.78, 5) is 15.4. The number of ketones is 1. The zero-order chi connectivity index (χ0) is 15.6. The lowest BCUT2D eigenvalue weighted by atomic mass is 10.1. The van der Waals surface area contributed by atoms with Crippen LogP contribution in [0.5, 0.6) is 11.5 Å². The summed E-state index contributed by atoms with van der Waals surface area (Å²) in [6.45, 7) is 0. The Balaban J connectivity index is 2.43. The molecular weight excluding hydrogens is 307 g/mol. The summed E-state index contributed by atoms with van der Waals surface area (Å²) in [6.07, 6.45) is -3.66. The molecule has 0 aliphatic heterocycles. The maximum Gasteiger partial charge on any atom is 0.443 e. The molecule has 1 aromatic heterocycles. The van der Waals surface area contributed by atoms with Crippen LogP contribution in [-0.2, 0) is 6.18 Å². The van der Waals surface area contributed by atoms with E-state index >= 15 is 0 Å². The smallest absolute Gasteiger partial charge is 0.443 e. The first-order chi connectivity index (χ1) is 9.88. The van der Waals surface area contributed by atoms with Gasteiger partial charge in [-0.25, -0.2) is 4.98 Å². The van der Waals surface area contributed by atoms with Crippen molar-refractivity contribution in [2.24, 2.45) is 0 Å². The van der Waals surface area contributed by atoms with Crippen LogP contribution >= 0.6 is 11.3 Å². The van der Waals surface area contributed by atoms with Crippen LogP contribution in [0.2, 0.25) is 0 Å². The van der Waals surface area contributed by atoms with Gasteiger partial charge in [0.1, 0.15) is 0 Å². The Bertz CT molecular complexity index is 667. The topological polar surface area (TPSA) is 48.4 Å². The predicted octanol–water partition coefficient (Wildman–Crippen LogP) is 3.41. The van der Waals surface area contributed by atoms with E-state index in [1.165, 1.54) is 20.3 Å². The molecule has 0 saturated carbocycles. The zero-order valence-electron chi connectivity index (χ0n) is 11.0. The maximum atomic E-state index is 12.5. The molecule has 0 atom stereocenters. The van der Waals surface area contributed by atoms with Crippen molar-refractivity contribution in [2.45, 2.75) is 6.18 Å². The molecule has 2 rings (SSSR count). The van der Waals surface area contributed by atoms with Crippen molar-refractivity contribution in [2.75, 3.05) is 14.2 Å². The molecule has 1 aromatic carbocycles. The Labute approximate surface area is 122 Å². The quantitative estimate of drug-likeness (QED) is 0.811. The van der Waals surface area contributed by atoms with E-state index in [4.69, 9.17) is 9.47 Å². The van der Waals surface area contributed by atoms with Crippen molar-refractivity contribution in [1.82, 2.24) is 4.98 Å². The fraction of sp³-hybridized carbons (Fsp3) is 0.231. The number of ether oxygens (including phenoxy) is 2. The Hall–Kier alpha value is -2.09. The van der Waals surface area contributed by atoms with Gasteiger partial charge in [-0.15, -0.1) is 11.3 Å². The molecule has 1 heterocycles. The fourth-order valence-electron chi connectivity index (χ4n) is 1.71. The molecule has 0 aliphatic rings. The molecule has 0 aliphatic carbocycles. The second-order valence-corrected chi connectivity index (χ2v) is 4.93. The molecule has 0 unspecified atom stereocenters. The highest BCUT2D eigenvalue weighted by Crippen LogP contribution is 2.36. The minimum Gasteiger partial charge on any atom is -0.493 e. The lowest BCUT2D eigenvalue weighted by Crippen LogP contribution is -2.04. The third-order valence-electron chi connectivity index (χ3n) is 2.62. The van der Waals surface area contributed by atoms with E-state index < -0.39 is 17.0 Å². The Morgan fingerprint density at radius 2 is 1.95 bits per heavy atom. The number of aromatic nitrogens is 1. The summed E-state index contributed by atoms with van der Waals surface area (Å²) in [5, 5.41) is -1.06. The highest BCUT2D eigenvalue weighted by atomic mass is 32.1. The van der Waals surface area contributed by atoms with Crippen LogP contribution in [0.15, 0.2) is 24.4 Å². The lowest BCUT2D eigenvalue weighted by molar-refractivity contribution is -0.137. The van der Waals surface area contributed by atoms with Crippen molar-refractivity contribution in [3.8, 4) is 11.5 Å². The minimum atomic E-state index is -4.57. The lowest BCUT2D eigenvalue weighted by Gasteiger charge is -2.10. The summed E-state index contributed by atoms with van der Waals surface area (Å²) in [6, 6.07) is 4.60. The molecule has 0 saturated heterocycles. The molecule has 0 N–H and O–H groups in total. The zero-order valence-corrected chi connectivity index (χ0v) is 11.8. The number of nitrogens with zero attached hydrogens (tertiary/aromatic N) is 1. The van der Waals surface area contributed by atoms with Gasteiger partial charge in [-0.1, -0.05) is 6.07 Å². The third kappa shape index (κ3) is 2.99. The summed E-state index contributed by atoms with van der Waals surface area (Å²) >= 11 is 0.293. The number of para-hydroxylation sites is 1. The van der Waals surface area contributed by atoms with Crippen LogP contribution in [0.4, 0.5) is 13.2 Å². The van der Waals surface area contributed by atoms with Crippen LogP contribution < -0.4 is 9.47 Å². The summed E-state index contributed by atoms with van der Waals surface area (Å²) in [7, 11) is 2.75. The number of hydrogen-bond donors (Lipinski definition) is 0. The molecule has 112 valence electrons. The second-order valence-electron chi connectivity index (χ2n) is 3.90. The molecule has 4 nitrogen and oxygen atoms in total. The van der Waals surface area contributed by atoms with Crippen LogP contribution in [0.3, 0.4) is 0 Å². The first-order valence-corrected chi connectivity index (χ1v) is 6.49. The molecule has 21 heavy (non-hydrogen) atoms. The van der Waals surface area contributed by atoms with Gasteiger partial charge in [-0.3, -0.25) is 4.79 Å². The van der Waals surface area contributed by atoms with E-state index in [1.807, 2.05) is 0 Å². The second kappa shape index (κ2) is 5.72. The molecule has 0 radical (unpaired) electrons. The number of alkyl halides is 3. The Kier molecular flexibility index (Phi) is 4.17. The van der Waals surface area contributed by atoms with E-state index in [2.05, 4.69) is 4.98 Å². The molecule has 0 spiro atoms. The number of carbonyl (C=O) groups excluding carboxylic acids is 1. The third-order valence-corrected chi connectivity index (χ3v) is 3.66. The van der Waals surface area contributed by atoms with Gasteiger partial charge in [-0.05, 0) is 12.1 Å². The van der Waals surface area contributed by atoms with Crippen molar-refractivity contribution >= 4 is 17.1 Å². The Morgan fingerprint density at radius 3 is 2.48 bits per heavy atom. The van der Waals surface area contributed by atoms with E-state index in [0.29, 0.717) is 17.1 Å². The summed E-state index contributed by atoms with van der Waals surface area (Å²) < 4.78 is 47.7. The summed E-state index contributed by atoms with van der Waals surface area (Å²) in [5.74, 6) is -0.102. The average Bonchev–Trinajstić information content (AvgIpc) is 2.95. The standard InChI is InChI=1S/C13H10F3NO3S/c1-19-8-5-3-4-7(11(8)20-2)10(18)9-6-17-12(21-9)13(14,15)16/h3-6H,1-2H3.